The normalized spacial score (nSPS) is 18.4. The van der Waals surface area contributed by atoms with E-state index in [-0.39, 0.29) is 0 Å². The smallest absolute Gasteiger partial charge is 0.115 e. The SMILES string of the molecule is C[C@H](CCc1ccc(O)cc1)NC1CCCC1. The average molecular weight is 233 g/mol. The van der Waals surface area contributed by atoms with Gasteiger partial charge in [0.15, 0.2) is 0 Å². The Labute approximate surface area is 104 Å². The quantitative estimate of drug-likeness (QED) is 0.818. The van der Waals surface area contributed by atoms with Crippen LogP contribution >= 0.6 is 0 Å². The molecular formula is C15H23NO. The van der Waals surface area contributed by atoms with Crippen LogP contribution in [-0.4, -0.2) is 17.2 Å². The van der Waals surface area contributed by atoms with Crippen molar-refractivity contribution >= 4 is 0 Å². The van der Waals surface area contributed by atoms with Crippen LogP contribution in [0.5, 0.6) is 5.75 Å². The third-order valence-electron chi connectivity index (χ3n) is 3.68. The summed E-state index contributed by atoms with van der Waals surface area (Å²) >= 11 is 0. The van der Waals surface area contributed by atoms with E-state index in [1.807, 2.05) is 12.1 Å². The lowest BCUT2D eigenvalue weighted by Crippen LogP contribution is -2.34. The lowest BCUT2D eigenvalue weighted by atomic mass is 10.1. The van der Waals surface area contributed by atoms with Crippen LogP contribution in [0.15, 0.2) is 24.3 Å². The Bertz CT molecular complexity index is 327. The van der Waals surface area contributed by atoms with E-state index in [0.717, 1.165) is 12.5 Å². The number of aryl methyl sites for hydroxylation is 1. The molecule has 0 amide bonds. The molecule has 1 fully saturated rings. The number of aromatic hydroxyl groups is 1. The molecule has 0 spiro atoms. The van der Waals surface area contributed by atoms with E-state index in [9.17, 15) is 5.11 Å². The van der Waals surface area contributed by atoms with Crippen molar-refractivity contribution in [1.82, 2.24) is 5.32 Å². The highest BCUT2D eigenvalue weighted by Crippen LogP contribution is 2.19. The van der Waals surface area contributed by atoms with Crippen molar-refractivity contribution in [2.75, 3.05) is 0 Å². The molecule has 1 aliphatic rings. The molecule has 1 aromatic carbocycles. The van der Waals surface area contributed by atoms with Gasteiger partial charge in [0, 0.05) is 12.1 Å². The van der Waals surface area contributed by atoms with E-state index < -0.39 is 0 Å². The predicted molar refractivity (Wildman–Crippen MR) is 71.3 cm³/mol. The van der Waals surface area contributed by atoms with Gasteiger partial charge >= 0.3 is 0 Å². The zero-order chi connectivity index (χ0) is 12.1. The molecule has 1 saturated carbocycles. The first-order valence-corrected chi connectivity index (χ1v) is 6.78. The largest absolute Gasteiger partial charge is 0.508 e. The summed E-state index contributed by atoms with van der Waals surface area (Å²) in [4.78, 5) is 0. The second kappa shape index (κ2) is 6.06. The standard InChI is InChI=1S/C15H23NO/c1-12(16-14-4-2-3-5-14)6-7-13-8-10-15(17)11-9-13/h8-12,14,16-17H,2-7H2,1H3/t12-/m1/s1. The molecular weight excluding hydrogens is 210 g/mol. The molecule has 1 atom stereocenters. The van der Waals surface area contributed by atoms with E-state index >= 15 is 0 Å². The molecule has 0 aromatic heterocycles. The number of rotatable bonds is 5. The van der Waals surface area contributed by atoms with E-state index in [1.54, 1.807) is 12.1 Å². The highest BCUT2D eigenvalue weighted by atomic mass is 16.3. The average Bonchev–Trinajstić information content (AvgIpc) is 2.81. The van der Waals surface area contributed by atoms with Crippen molar-refractivity contribution in [3.63, 3.8) is 0 Å². The summed E-state index contributed by atoms with van der Waals surface area (Å²) in [7, 11) is 0. The van der Waals surface area contributed by atoms with Gasteiger partial charge in [0.05, 0.1) is 0 Å². The van der Waals surface area contributed by atoms with Crippen LogP contribution in [0.1, 0.15) is 44.6 Å². The van der Waals surface area contributed by atoms with Crippen LogP contribution in [0.3, 0.4) is 0 Å². The first kappa shape index (κ1) is 12.4. The molecule has 0 bridgehead atoms. The van der Waals surface area contributed by atoms with Crippen LogP contribution in [0.2, 0.25) is 0 Å². The predicted octanol–water partition coefficient (Wildman–Crippen LogP) is 3.25. The minimum Gasteiger partial charge on any atom is -0.508 e. The Hall–Kier alpha value is -1.02. The van der Waals surface area contributed by atoms with Crippen LogP contribution in [0, 0.1) is 0 Å². The van der Waals surface area contributed by atoms with Crippen LogP contribution in [-0.2, 0) is 6.42 Å². The van der Waals surface area contributed by atoms with E-state index in [1.165, 1.54) is 37.7 Å². The van der Waals surface area contributed by atoms with Gasteiger partial charge in [-0.2, -0.15) is 0 Å². The van der Waals surface area contributed by atoms with Gasteiger partial charge in [-0.1, -0.05) is 25.0 Å². The molecule has 17 heavy (non-hydrogen) atoms. The summed E-state index contributed by atoms with van der Waals surface area (Å²) in [6.07, 6.45) is 7.74. The highest BCUT2D eigenvalue weighted by Gasteiger charge is 2.16. The summed E-state index contributed by atoms with van der Waals surface area (Å²) in [5, 5.41) is 12.9. The van der Waals surface area contributed by atoms with Gasteiger partial charge in [0.1, 0.15) is 5.75 Å². The first-order valence-electron chi connectivity index (χ1n) is 6.78. The zero-order valence-electron chi connectivity index (χ0n) is 10.7. The maximum Gasteiger partial charge on any atom is 0.115 e. The molecule has 1 aromatic rings. The monoisotopic (exact) mass is 233 g/mol. The maximum absolute atomic E-state index is 9.21. The highest BCUT2D eigenvalue weighted by molar-refractivity contribution is 5.25. The lowest BCUT2D eigenvalue weighted by Gasteiger charge is -2.19. The molecule has 2 rings (SSSR count). The summed E-state index contributed by atoms with van der Waals surface area (Å²) in [5.74, 6) is 0.353. The molecule has 0 unspecified atom stereocenters. The summed E-state index contributed by atoms with van der Waals surface area (Å²) < 4.78 is 0. The molecule has 0 heterocycles. The molecule has 0 aliphatic heterocycles. The fraction of sp³-hybridized carbons (Fsp3) is 0.600. The fourth-order valence-electron chi connectivity index (χ4n) is 2.62. The van der Waals surface area contributed by atoms with Crippen LogP contribution in [0.25, 0.3) is 0 Å². The van der Waals surface area contributed by atoms with Crippen LogP contribution in [0.4, 0.5) is 0 Å². The van der Waals surface area contributed by atoms with Crippen LogP contribution < -0.4 is 5.32 Å². The minimum absolute atomic E-state index is 0.353. The molecule has 2 nitrogen and oxygen atoms in total. The summed E-state index contributed by atoms with van der Waals surface area (Å²) in [6, 6.07) is 8.90. The molecule has 0 radical (unpaired) electrons. The number of benzene rings is 1. The summed E-state index contributed by atoms with van der Waals surface area (Å²) in [6.45, 7) is 2.28. The third-order valence-corrected chi connectivity index (χ3v) is 3.68. The Morgan fingerprint density at radius 2 is 1.88 bits per heavy atom. The molecule has 94 valence electrons. The van der Waals surface area contributed by atoms with Gasteiger partial charge in [-0.3, -0.25) is 0 Å². The first-order chi connectivity index (χ1) is 8.24. The van der Waals surface area contributed by atoms with Crippen molar-refractivity contribution in [1.29, 1.82) is 0 Å². The molecule has 0 saturated heterocycles. The van der Waals surface area contributed by atoms with Gasteiger partial charge in [0.2, 0.25) is 0 Å². The van der Waals surface area contributed by atoms with Crippen molar-refractivity contribution in [3.8, 4) is 5.75 Å². The van der Waals surface area contributed by atoms with E-state index in [2.05, 4.69) is 12.2 Å². The Morgan fingerprint density at radius 3 is 2.53 bits per heavy atom. The van der Waals surface area contributed by atoms with Gasteiger partial charge < -0.3 is 10.4 Å². The number of nitrogens with one attached hydrogen (secondary N) is 1. The third kappa shape index (κ3) is 4.04. The Kier molecular flexibility index (Phi) is 4.43. The minimum atomic E-state index is 0.353. The zero-order valence-corrected chi connectivity index (χ0v) is 10.7. The fourth-order valence-corrected chi connectivity index (χ4v) is 2.62. The number of phenolic OH excluding ortho intramolecular Hbond substituents is 1. The summed E-state index contributed by atoms with van der Waals surface area (Å²) in [5.41, 5.74) is 1.31. The van der Waals surface area contributed by atoms with Crippen molar-refractivity contribution in [2.24, 2.45) is 0 Å². The van der Waals surface area contributed by atoms with Crippen molar-refractivity contribution < 1.29 is 5.11 Å². The van der Waals surface area contributed by atoms with E-state index in [0.29, 0.717) is 11.8 Å². The van der Waals surface area contributed by atoms with Gasteiger partial charge in [-0.05, 0) is 50.3 Å². The second-order valence-electron chi connectivity index (χ2n) is 5.25. The number of hydrogen-bond acceptors (Lipinski definition) is 2. The second-order valence-corrected chi connectivity index (χ2v) is 5.25. The Morgan fingerprint density at radius 1 is 1.24 bits per heavy atom. The van der Waals surface area contributed by atoms with Crippen molar-refractivity contribution in [2.45, 2.75) is 57.5 Å². The molecule has 2 heteroatoms. The van der Waals surface area contributed by atoms with E-state index in [4.69, 9.17) is 0 Å². The molecule has 1 aliphatic carbocycles. The Balaban J connectivity index is 1.71. The van der Waals surface area contributed by atoms with Gasteiger partial charge in [0.25, 0.3) is 0 Å². The number of hydrogen-bond donors (Lipinski definition) is 2. The molecule has 2 N–H and O–H groups in total. The van der Waals surface area contributed by atoms with Gasteiger partial charge in [-0.25, -0.2) is 0 Å². The number of phenols is 1. The van der Waals surface area contributed by atoms with Gasteiger partial charge in [-0.15, -0.1) is 0 Å². The topological polar surface area (TPSA) is 32.3 Å². The lowest BCUT2D eigenvalue weighted by molar-refractivity contribution is 0.431. The maximum atomic E-state index is 9.21. The van der Waals surface area contributed by atoms with Crippen molar-refractivity contribution in [3.05, 3.63) is 29.8 Å².